The van der Waals surface area contributed by atoms with Crippen LogP contribution in [0.15, 0.2) is 18.2 Å². The van der Waals surface area contributed by atoms with Crippen molar-refractivity contribution in [2.45, 2.75) is 19.4 Å². The zero-order valence-electron chi connectivity index (χ0n) is 9.72. The predicted molar refractivity (Wildman–Crippen MR) is 71.7 cm³/mol. The van der Waals surface area contributed by atoms with E-state index >= 15 is 0 Å². The highest BCUT2D eigenvalue weighted by Crippen LogP contribution is 2.21. The monoisotopic (exact) mass is 273 g/mol. The van der Waals surface area contributed by atoms with Gasteiger partial charge in [-0.2, -0.15) is 0 Å². The number of rotatable bonds is 5. The zero-order valence-corrected chi connectivity index (χ0v) is 11.2. The molecule has 1 aliphatic heterocycles. The number of nitrogens with one attached hydrogen (secondary N) is 1. The van der Waals surface area contributed by atoms with Gasteiger partial charge in [-0.3, -0.25) is 0 Å². The maximum Gasteiger partial charge on any atom is 0.0731 e. The molecule has 1 atom stereocenters. The van der Waals surface area contributed by atoms with E-state index in [1.165, 1.54) is 6.42 Å². The van der Waals surface area contributed by atoms with Crippen LogP contribution in [-0.4, -0.2) is 19.7 Å². The average Bonchev–Trinajstić information content (AvgIpc) is 2.82. The number of hydrogen-bond acceptors (Lipinski definition) is 2. The van der Waals surface area contributed by atoms with E-state index in [1.807, 2.05) is 12.1 Å². The fraction of sp³-hybridized carbons (Fsp3) is 0.538. The molecule has 0 aliphatic carbocycles. The Bertz CT molecular complexity index is 364. The van der Waals surface area contributed by atoms with Gasteiger partial charge in [0.15, 0.2) is 0 Å². The maximum absolute atomic E-state index is 6.05. The van der Waals surface area contributed by atoms with Crippen LogP contribution in [-0.2, 0) is 11.3 Å². The third-order valence-corrected chi connectivity index (χ3v) is 3.70. The minimum Gasteiger partial charge on any atom is -0.377 e. The topological polar surface area (TPSA) is 21.3 Å². The molecule has 17 heavy (non-hydrogen) atoms. The molecule has 0 bridgehead atoms. The Morgan fingerprint density at radius 2 is 2.24 bits per heavy atom. The lowest BCUT2D eigenvalue weighted by atomic mass is 10.1. The number of ether oxygens (including phenoxy) is 1. The summed E-state index contributed by atoms with van der Waals surface area (Å²) in [7, 11) is 0. The molecule has 1 N–H and O–H groups in total. The third-order valence-electron chi connectivity index (χ3n) is 3.10. The second-order valence-corrected chi connectivity index (χ2v) is 5.28. The number of hydrogen-bond donors (Lipinski definition) is 1. The van der Waals surface area contributed by atoms with Crippen molar-refractivity contribution < 1.29 is 4.74 Å². The Balaban J connectivity index is 1.72. The van der Waals surface area contributed by atoms with Crippen molar-refractivity contribution in [3.05, 3.63) is 33.8 Å². The molecule has 2 rings (SSSR count). The summed E-state index contributed by atoms with van der Waals surface area (Å²) < 4.78 is 5.65. The summed E-state index contributed by atoms with van der Waals surface area (Å²) in [5.74, 6) is 0.768. The Labute approximate surface area is 112 Å². The lowest BCUT2D eigenvalue weighted by Gasteiger charge is -2.09. The molecule has 94 valence electrons. The highest BCUT2D eigenvalue weighted by atomic mass is 35.5. The molecule has 1 heterocycles. The van der Waals surface area contributed by atoms with E-state index in [-0.39, 0.29) is 0 Å². The second-order valence-electron chi connectivity index (χ2n) is 4.44. The Morgan fingerprint density at radius 3 is 3.00 bits per heavy atom. The van der Waals surface area contributed by atoms with Gasteiger partial charge in [0.05, 0.1) is 6.61 Å². The molecule has 0 radical (unpaired) electrons. The van der Waals surface area contributed by atoms with Crippen molar-refractivity contribution in [3.63, 3.8) is 0 Å². The molecular formula is C13H17Cl2NO. The first kappa shape index (κ1) is 13.2. The largest absolute Gasteiger partial charge is 0.377 e. The highest BCUT2D eigenvalue weighted by molar-refractivity contribution is 6.33. The van der Waals surface area contributed by atoms with Gasteiger partial charge in [-0.15, -0.1) is 0 Å². The molecule has 1 fully saturated rings. The van der Waals surface area contributed by atoms with E-state index in [0.717, 1.165) is 42.6 Å². The zero-order chi connectivity index (χ0) is 12.1. The average molecular weight is 274 g/mol. The summed E-state index contributed by atoms with van der Waals surface area (Å²) in [5, 5.41) is 4.77. The molecule has 2 nitrogen and oxygen atoms in total. The van der Waals surface area contributed by atoms with Crippen molar-refractivity contribution in [2.24, 2.45) is 5.92 Å². The first-order valence-corrected chi connectivity index (χ1v) is 6.73. The Hall–Kier alpha value is -0.280. The lowest BCUT2D eigenvalue weighted by molar-refractivity contribution is 0.109. The van der Waals surface area contributed by atoms with Crippen molar-refractivity contribution in [1.29, 1.82) is 0 Å². The van der Waals surface area contributed by atoms with Crippen LogP contribution < -0.4 is 5.32 Å². The minimum absolute atomic E-state index is 0.541. The Morgan fingerprint density at radius 1 is 1.35 bits per heavy atom. The summed E-state index contributed by atoms with van der Waals surface area (Å²) in [6.07, 6.45) is 2.38. The predicted octanol–water partition coefficient (Wildman–Crippen LogP) is 3.51. The maximum atomic E-state index is 6.05. The fourth-order valence-corrected chi connectivity index (χ4v) is 2.41. The van der Waals surface area contributed by atoms with Gasteiger partial charge < -0.3 is 10.1 Å². The molecule has 1 aromatic rings. The van der Waals surface area contributed by atoms with E-state index in [1.54, 1.807) is 6.07 Å². The van der Waals surface area contributed by atoms with Gasteiger partial charge in [0.1, 0.15) is 0 Å². The molecular weight excluding hydrogens is 257 g/mol. The summed E-state index contributed by atoms with van der Waals surface area (Å²) in [6.45, 7) is 3.60. The lowest BCUT2D eigenvalue weighted by Crippen LogP contribution is -2.10. The van der Waals surface area contributed by atoms with Crippen molar-refractivity contribution in [3.8, 4) is 0 Å². The second kappa shape index (κ2) is 6.60. The van der Waals surface area contributed by atoms with Crippen LogP contribution in [0.4, 0.5) is 0 Å². The normalized spacial score (nSPS) is 19.8. The van der Waals surface area contributed by atoms with Crippen LogP contribution in [0.1, 0.15) is 18.4 Å². The summed E-state index contributed by atoms with van der Waals surface area (Å²) in [5.41, 5.74) is 0.962. The van der Waals surface area contributed by atoms with Crippen LogP contribution in [0.25, 0.3) is 0 Å². The van der Waals surface area contributed by atoms with E-state index < -0.39 is 0 Å². The van der Waals surface area contributed by atoms with E-state index in [0.29, 0.717) is 11.6 Å². The van der Waals surface area contributed by atoms with Crippen molar-refractivity contribution in [1.82, 2.24) is 5.32 Å². The molecule has 1 aromatic carbocycles. The van der Waals surface area contributed by atoms with E-state index in [4.69, 9.17) is 27.9 Å². The molecule has 4 heteroatoms. The van der Waals surface area contributed by atoms with Gasteiger partial charge >= 0.3 is 0 Å². The fourth-order valence-electron chi connectivity index (χ4n) is 2.05. The molecule has 1 unspecified atom stereocenters. The van der Waals surface area contributed by atoms with Crippen LogP contribution in [0, 0.1) is 5.92 Å². The molecule has 0 aromatic heterocycles. The van der Waals surface area contributed by atoms with Gasteiger partial charge in [0.2, 0.25) is 0 Å². The SMILES string of the molecule is Clc1ccc(Cl)c(COCCC2CCNC2)c1. The summed E-state index contributed by atoms with van der Waals surface area (Å²) in [6, 6.07) is 5.46. The van der Waals surface area contributed by atoms with Gasteiger partial charge in [0, 0.05) is 16.7 Å². The van der Waals surface area contributed by atoms with E-state index in [2.05, 4.69) is 5.32 Å². The first-order chi connectivity index (χ1) is 8.25. The van der Waals surface area contributed by atoms with Gasteiger partial charge in [-0.1, -0.05) is 23.2 Å². The van der Waals surface area contributed by atoms with Crippen molar-refractivity contribution >= 4 is 23.2 Å². The summed E-state index contributed by atoms with van der Waals surface area (Å²) >= 11 is 12.0. The van der Waals surface area contributed by atoms with Gasteiger partial charge in [-0.05, 0) is 55.6 Å². The quantitative estimate of drug-likeness (QED) is 0.830. The van der Waals surface area contributed by atoms with Gasteiger partial charge in [0.25, 0.3) is 0 Å². The van der Waals surface area contributed by atoms with Gasteiger partial charge in [-0.25, -0.2) is 0 Å². The highest BCUT2D eigenvalue weighted by Gasteiger charge is 2.13. The minimum atomic E-state index is 0.541. The van der Waals surface area contributed by atoms with Crippen LogP contribution >= 0.6 is 23.2 Å². The van der Waals surface area contributed by atoms with E-state index in [9.17, 15) is 0 Å². The van der Waals surface area contributed by atoms with Crippen LogP contribution in [0.3, 0.4) is 0 Å². The molecule has 1 aliphatic rings. The van der Waals surface area contributed by atoms with Crippen LogP contribution in [0.5, 0.6) is 0 Å². The van der Waals surface area contributed by atoms with Crippen molar-refractivity contribution in [2.75, 3.05) is 19.7 Å². The Kier molecular flexibility index (Phi) is 5.11. The standard InChI is InChI=1S/C13H17Cl2NO/c14-12-1-2-13(15)11(7-12)9-17-6-4-10-3-5-16-8-10/h1-2,7,10,16H,3-6,8-9H2. The number of halogens is 2. The molecule has 1 saturated heterocycles. The third kappa shape index (κ3) is 4.14. The molecule has 0 saturated carbocycles. The molecule has 0 spiro atoms. The first-order valence-electron chi connectivity index (χ1n) is 5.98. The number of benzene rings is 1. The van der Waals surface area contributed by atoms with Crippen LogP contribution in [0.2, 0.25) is 10.0 Å². The molecule has 0 amide bonds. The summed E-state index contributed by atoms with van der Waals surface area (Å²) in [4.78, 5) is 0. The smallest absolute Gasteiger partial charge is 0.0731 e.